The summed E-state index contributed by atoms with van der Waals surface area (Å²) in [6, 6.07) is 10.3. The molecule has 0 aliphatic carbocycles. The maximum Gasteiger partial charge on any atom is 0.281 e. The lowest BCUT2D eigenvalue weighted by Gasteiger charge is -2.40. The number of likely N-dealkylation sites (N-methyl/N-ethyl adjacent to an activating group) is 1. The van der Waals surface area contributed by atoms with Gasteiger partial charge in [0.1, 0.15) is 0 Å². The minimum atomic E-state index is 0.103. The highest BCUT2D eigenvalue weighted by Gasteiger charge is 2.30. The molecular formula is C17H23N3O2S. The molecule has 0 spiro atoms. The number of piperazine rings is 1. The fourth-order valence-corrected chi connectivity index (χ4v) is 4.03. The molecule has 5 nitrogen and oxygen atoms in total. The highest BCUT2D eigenvalue weighted by atomic mass is 32.2. The van der Waals surface area contributed by atoms with Gasteiger partial charge >= 0.3 is 0 Å². The Morgan fingerprint density at radius 3 is 2.70 bits per heavy atom. The molecule has 1 aromatic carbocycles. The Morgan fingerprint density at radius 2 is 2.00 bits per heavy atom. The lowest BCUT2D eigenvalue weighted by molar-refractivity contribution is -0.136. The van der Waals surface area contributed by atoms with Crippen LogP contribution in [-0.4, -0.2) is 71.4 Å². The van der Waals surface area contributed by atoms with Crippen molar-refractivity contribution in [2.45, 2.75) is 12.5 Å². The van der Waals surface area contributed by atoms with E-state index in [1.165, 1.54) is 17.3 Å². The molecule has 3 rings (SSSR count). The Morgan fingerprint density at radius 1 is 1.22 bits per heavy atom. The van der Waals surface area contributed by atoms with Crippen LogP contribution in [0, 0.1) is 0 Å². The Hall–Kier alpha value is -1.53. The largest absolute Gasteiger partial charge is 0.333 e. The van der Waals surface area contributed by atoms with E-state index in [-0.39, 0.29) is 17.2 Å². The first-order valence-electron chi connectivity index (χ1n) is 8.10. The summed E-state index contributed by atoms with van der Waals surface area (Å²) in [4.78, 5) is 30.4. The van der Waals surface area contributed by atoms with E-state index in [9.17, 15) is 9.59 Å². The number of benzene rings is 1. The normalized spacial score (nSPS) is 22.7. The second-order valence-corrected chi connectivity index (χ2v) is 7.17. The highest BCUT2D eigenvalue weighted by molar-refractivity contribution is 8.13. The molecule has 1 unspecified atom stereocenters. The maximum absolute atomic E-state index is 12.7. The van der Waals surface area contributed by atoms with Crippen LogP contribution in [0.4, 0.5) is 4.79 Å². The van der Waals surface area contributed by atoms with Crippen molar-refractivity contribution in [2.24, 2.45) is 0 Å². The number of nitrogens with zero attached hydrogens (tertiary/aromatic N) is 3. The molecule has 0 bridgehead atoms. The van der Waals surface area contributed by atoms with Gasteiger partial charge in [-0.05, 0) is 12.6 Å². The summed E-state index contributed by atoms with van der Waals surface area (Å²) < 4.78 is 0. The third-order valence-corrected chi connectivity index (χ3v) is 5.42. The van der Waals surface area contributed by atoms with E-state index in [1.54, 1.807) is 4.90 Å². The quantitative estimate of drug-likeness (QED) is 0.846. The van der Waals surface area contributed by atoms with Gasteiger partial charge in [-0.25, -0.2) is 0 Å². The van der Waals surface area contributed by atoms with Gasteiger partial charge in [0, 0.05) is 44.9 Å². The lowest BCUT2D eigenvalue weighted by Crippen LogP contribution is -2.49. The van der Waals surface area contributed by atoms with Crippen LogP contribution in [0.5, 0.6) is 0 Å². The van der Waals surface area contributed by atoms with Gasteiger partial charge in [-0.3, -0.25) is 9.59 Å². The maximum atomic E-state index is 12.7. The zero-order chi connectivity index (χ0) is 16.2. The monoisotopic (exact) mass is 333 g/mol. The van der Waals surface area contributed by atoms with Gasteiger partial charge in [0.15, 0.2) is 0 Å². The predicted octanol–water partition coefficient (Wildman–Crippen LogP) is 2.06. The summed E-state index contributed by atoms with van der Waals surface area (Å²) in [5.74, 6) is 0.991. The number of thioether (sulfide) groups is 1. The number of carbonyl (C=O) groups is 2. The number of hydrogen-bond donors (Lipinski definition) is 0. The van der Waals surface area contributed by atoms with E-state index in [0.717, 1.165) is 31.9 Å². The zero-order valence-electron chi connectivity index (χ0n) is 13.5. The minimum absolute atomic E-state index is 0.103. The predicted molar refractivity (Wildman–Crippen MR) is 92.4 cm³/mol. The molecular weight excluding hydrogens is 310 g/mol. The Balaban J connectivity index is 1.65. The summed E-state index contributed by atoms with van der Waals surface area (Å²) in [6.45, 7) is 3.81. The molecule has 1 atom stereocenters. The smallest absolute Gasteiger partial charge is 0.281 e. The SMILES string of the molecule is CN1CCN(C(=O)CCN2CCSC2=O)C(c2ccccc2)C1. The van der Waals surface area contributed by atoms with Crippen molar-refractivity contribution >= 4 is 22.9 Å². The van der Waals surface area contributed by atoms with E-state index in [4.69, 9.17) is 0 Å². The van der Waals surface area contributed by atoms with Crippen molar-refractivity contribution in [3.05, 3.63) is 35.9 Å². The van der Waals surface area contributed by atoms with Gasteiger partial charge in [-0.15, -0.1) is 0 Å². The Bertz CT molecular complexity index is 566. The fraction of sp³-hybridized carbons (Fsp3) is 0.529. The van der Waals surface area contributed by atoms with Crippen LogP contribution in [0.1, 0.15) is 18.0 Å². The van der Waals surface area contributed by atoms with Crippen molar-refractivity contribution in [3.63, 3.8) is 0 Å². The molecule has 6 heteroatoms. The number of hydrogen-bond acceptors (Lipinski definition) is 4. The van der Waals surface area contributed by atoms with Gasteiger partial charge in [0.2, 0.25) is 5.91 Å². The van der Waals surface area contributed by atoms with E-state index in [0.29, 0.717) is 13.0 Å². The minimum Gasteiger partial charge on any atom is -0.333 e. The topological polar surface area (TPSA) is 43.9 Å². The Kier molecular flexibility index (Phi) is 5.23. The van der Waals surface area contributed by atoms with Crippen LogP contribution in [0.15, 0.2) is 30.3 Å². The van der Waals surface area contributed by atoms with E-state index < -0.39 is 0 Å². The Labute approximate surface area is 141 Å². The molecule has 0 N–H and O–H groups in total. The third-order valence-electron chi connectivity index (χ3n) is 4.53. The lowest BCUT2D eigenvalue weighted by atomic mass is 10.0. The summed E-state index contributed by atoms with van der Waals surface area (Å²) in [7, 11) is 2.10. The van der Waals surface area contributed by atoms with Gasteiger partial charge in [-0.1, -0.05) is 42.1 Å². The molecule has 2 amide bonds. The van der Waals surface area contributed by atoms with Crippen LogP contribution in [0.3, 0.4) is 0 Å². The van der Waals surface area contributed by atoms with Crippen molar-refractivity contribution in [3.8, 4) is 0 Å². The van der Waals surface area contributed by atoms with Crippen LogP contribution in [-0.2, 0) is 4.79 Å². The molecule has 2 aliphatic rings. The summed E-state index contributed by atoms with van der Waals surface area (Å²) in [5, 5.41) is 0.107. The first kappa shape index (κ1) is 16.3. The first-order valence-corrected chi connectivity index (χ1v) is 9.08. The average Bonchev–Trinajstić information content (AvgIpc) is 2.98. The summed E-state index contributed by atoms with van der Waals surface area (Å²) in [5.41, 5.74) is 1.18. The standard InChI is InChI=1S/C17H23N3O2S/c1-18-9-10-20(15(13-18)14-5-3-2-4-6-14)16(21)7-8-19-11-12-23-17(19)22/h2-6,15H,7-13H2,1H3. The molecule has 0 saturated carbocycles. The van der Waals surface area contributed by atoms with Crippen LogP contribution in [0.25, 0.3) is 0 Å². The third kappa shape index (κ3) is 3.87. The van der Waals surface area contributed by atoms with Crippen molar-refractivity contribution in [1.82, 2.24) is 14.7 Å². The molecule has 2 aliphatic heterocycles. The van der Waals surface area contributed by atoms with Crippen molar-refractivity contribution in [2.75, 3.05) is 45.5 Å². The summed E-state index contributed by atoms with van der Waals surface area (Å²) in [6.07, 6.45) is 0.416. The number of rotatable bonds is 4. The van der Waals surface area contributed by atoms with E-state index >= 15 is 0 Å². The summed E-state index contributed by atoms with van der Waals surface area (Å²) >= 11 is 1.35. The van der Waals surface area contributed by atoms with E-state index in [2.05, 4.69) is 24.1 Å². The van der Waals surface area contributed by atoms with E-state index in [1.807, 2.05) is 23.1 Å². The van der Waals surface area contributed by atoms with Crippen molar-refractivity contribution in [1.29, 1.82) is 0 Å². The van der Waals surface area contributed by atoms with Gasteiger partial charge < -0.3 is 14.7 Å². The molecule has 2 heterocycles. The first-order chi connectivity index (χ1) is 11.1. The second-order valence-electron chi connectivity index (χ2n) is 6.13. The van der Waals surface area contributed by atoms with Gasteiger partial charge in [-0.2, -0.15) is 0 Å². The highest BCUT2D eigenvalue weighted by Crippen LogP contribution is 2.26. The molecule has 0 aromatic heterocycles. The molecule has 0 radical (unpaired) electrons. The van der Waals surface area contributed by atoms with Crippen LogP contribution >= 0.6 is 11.8 Å². The molecule has 124 valence electrons. The van der Waals surface area contributed by atoms with Gasteiger partial charge in [0.25, 0.3) is 5.24 Å². The molecule has 2 fully saturated rings. The average molecular weight is 333 g/mol. The molecule has 23 heavy (non-hydrogen) atoms. The second kappa shape index (κ2) is 7.36. The van der Waals surface area contributed by atoms with Crippen LogP contribution < -0.4 is 0 Å². The van der Waals surface area contributed by atoms with Crippen molar-refractivity contribution < 1.29 is 9.59 Å². The fourth-order valence-electron chi connectivity index (χ4n) is 3.18. The zero-order valence-corrected chi connectivity index (χ0v) is 14.3. The van der Waals surface area contributed by atoms with Crippen LogP contribution in [0.2, 0.25) is 0 Å². The molecule has 1 aromatic rings. The molecule has 2 saturated heterocycles. The number of amides is 2. The van der Waals surface area contributed by atoms with Gasteiger partial charge in [0.05, 0.1) is 6.04 Å². The number of carbonyl (C=O) groups excluding carboxylic acids is 2.